The number of carbonyl (C=O) groups excluding carboxylic acids is 2. The predicted molar refractivity (Wildman–Crippen MR) is 46.0 cm³/mol. The van der Waals surface area contributed by atoms with E-state index in [9.17, 15) is 9.59 Å². The summed E-state index contributed by atoms with van der Waals surface area (Å²) in [5, 5.41) is 3.69. The Morgan fingerprint density at radius 1 is 1.38 bits per heavy atom. The van der Waals surface area contributed by atoms with Crippen LogP contribution in [0, 0.1) is 0 Å². The number of carbonyl (C=O) groups is 2. The zero-order valence-electron chi connectivity index (χ0n) is 7.25. The number of rotatable bonds is 1. The van der Waals surface area contributed by atoms with Crippen molar-refractivity contribution < 1.29 is 9.59 Å². The lowest BCUT2D eigenvalue weighted by atomic mass is 10.2. The minimum Gasteiger partial charge on any atom is -0.338 e. The molecule has 0 aliphatic carbocycles. The van der Waals surface area contributed by atoms with Gasteiger partial charge >= 0.3 is 0 Å². The third-order valence-electron chi connectivity index (χ3n) is 2.28. The second-order valence-corrected chi connectivity index (χ2v) is 3.27. The van der Waals surface area contributed by atoms with E-state index in [1.807, 2.05) is 0 Å². The molecular weight excluding hydrogens is 170 g/mol. The van der Waals surface area contributed by atoms with Crippen molar-refractivity contribution in [3.63, 3.8) is 0 Å². The van der Waals surface area contributed by atoms with Gasteiger partial charge in [-0.05, 0) is 12.8 Å². The molecule has 0 unspecified atom stereocenters. The predicted octanol–water partition coefficient (Wildman–Crippen LogP) is -0.515. The minimum absolute atomic E-state index is 0.0872. The van der Waals surface area contributed by atoms with Crippen LogP contribution in [-0.4, -0.2) is 35.5 Å². The molecule has 0 bridgehead atoms. The first-order chi connectivity index (χ1) is 6.27. The second-order valence-electron chi connectivity index (χ2n) is 3.27. The smallest absolute Gasteiger partial charge is 0.270 e. The summed E-state index contributed by atoms with van der Waals surface area (Å²) in [6.45, 7) is 1.60. The van der Waals surface area contributed by atoms with Gasteiger partial charge in [0.05, 0.1) is 6.42 Å². The van der Waals surface area contributed by atoms with Crippen LogP contribution < -0.4 is 5.43 Å². The van der Waals surface area contributed by atoms with Gasteiger partial charge in [0.15, 0.2) is 0 Å². The molecular formula is C8H11N3O2. The maximum absolute atomic E-state index is 11.6. The van der Waals surface area contributed by atoms with Gasteiger partial charge in [-0.2, -0.15) is 5.10 Å². The molecule has 2 rings (SSSR count). The van der Waals surface area contributed by atoms with Crippen molar-refractivity contribution in [1.82, 2.24) is 10.3 Å². The van der Waals surface area contributed by atoms with Gasteiger partial charge in [-0.1, -0.05) is 0 Å². The van der Waals surface area contributed by atoms with Crippen molar-refractivity contribution in [1.29, 1.82) is 0 Å². The van der Waals surface area contributed by atoms with Crippen LogP contribution in [0.2, 0.25) is 0 Å². The third-order valence-corrected chi connectivity index (χ3v) is 2.28. The van der Waals surface area contributed by atoms with Gasteiger partial charge in [0.25, 0.3) is 5.91 Å². The largest absolute Gasteiger partial charge is 0.338 e. The highest BCUT2D eigenvalue weighted by Crippen LogP contribution is 2.10. The summed E-state index contributed by atoms with van der Waals surface area (Å²) < 4.78 is 0. The van der Waals surface area contributed by atoms with Crippen molar-refractivity contribution in [3.8, 4) is 0 Å². The SMILES string of the molecule is O=C1CC(C(=O)N2CCCC2)=NN1. The van der Waals surface area contributed by atoms with Crippen LogP contribution in [0.25, 0.3) is 0 Å². The van der Waals surface area contributed by atoms with Gasteiger partial charge < -0.3 is 4.90 Å². The first kappa shape index (κ1) is 8.22. The van der Waals surface area contributed by atoms with E-state index in [0.29, 0.717) is 5.71 Å². The van der Waals surface area contributed by atoms with Crippen molar-refractivity contribution >= 4 is 17.5 Å². The Labute approximate surface area is 75.8 Å². The second kappa shape index (κ2) is 3.16. The molecule has 0 atom stereocenters. The Balaban J connectivity index is 2.00. The molecule has 0 spiro atoms. The zero-order chi connectivity index (χ0) is 9.26. The number of likely N-dealkylation sites (tertiary alicyclic amines) is 1. The van der Waals surface area contributed by atoms with E-state index in [1.54, 1.807) is 4.90 Å². The van der Waals surface area contributed by atoms with E-state index in [4.69, 9.17) is 0 Å². The molecule has 2 aliphatic rings. The van der Waals surface area contributed by atoms with E-state index >= 15 is 0 Å². The molecule has 2 aliphatic heterocycles. The fourth-order valence-electron chi connectivity index (χ4n) is 1.59. The van der Waals surface area contributed by atoms with Crippen molar-refractivity contribution in [2.75, 3.05) is 13.1 Å². The molecule has 13 heavy (non-hydrogen) atoms. The molecule has 5 heteroatoms. The van der Waals surface area contributed by atoms with Gasteiger partial charge in [-0.15, -0.1) is 0 Å². The van der Waals surface area contributed by atoms with E-state index in [0.717, 1.165) is 25.9 Å². The topological polar surface area (TPSA) is 61.8 Å². The number of nitrogens with zero attached hydrogens (tertiary/aromatic N) is 2. The molecule has 70 valence electrons. The quantitative estimate of drug-likeness (QED) is 0.592. The Morgan fingerprint density at radius 2 is 2.08 bits per heavy atom. The first-order valence-electron chi connectivity index (χ1n) is 4.42. The van der Waals surface area contributed by atoms with Crippen LogP contribution in [0.4, 0.5) is 0 Å². The normalized spacial score (nSPS) is 21.7. The van der Waals surface area contributed by atoms with Crippen molar-refractivity contribution in [3.05, 3.63) is 0 Å². The van der Waals surface area contributed by atoms with Crippen molar-refractivity contribution in [2.45, 2.75) is 19.3 Å². The Morgan fingerprint density at radius 3 is 2.62 bits per heavy atom. The van der Waals surface area contributed by atoms with Gasteiger partial charge in [-0.3, -0.25) is 9.59 Å². The summed E-state index contributed by atoms with van der Waals surface area (Å²) in [6.07, 6.45) is 2.25. The molecule has 0 aromatic rings. The average molecular weight is 181 g/mol. The lowest BCUT2D eigenvalue weighted by Gasteiger charge is -2.13. The molecule has 1 N–H and O–H groups in total. The minimum atomic E-state index is -0.192. The zero-order valence-corrected chi connectivity index (χ0v) is 7.25. The highest BCUT2D eigenvalue weighted by Gasteiger charge is 2.27. The van der Waals surface area contributed by atoms with Crippen LogP contribution in [0.5, 0.6) is 0 Å². The monoisotopic (exact) mass is 181 g/mol. The van der Waals surface area contributed by atoms with E-state index in [-0.39, 0.29) is 18.2 Å². The molecule has 1 fully saturated rings. The van der Waals surface area contributed by atoms with Crippen LogP contribution in [0.3, 0.4) is 0 Å². The lowest BCUT2D eigenvalue weighted by Crippen LogP contribution is -2.33. The highest BCUT2D eigenvalue weighted by molar-refractivity contribution is 6.43. The van der Waals surface area contributed by atoms with E-state index in [2.05, 4.69) is 10.5 Å². The Kier molecular flexibility index (Phi) is 2.00. The van der Waals surface area contributed by atoms with Crippen LogP contribution >= 0.6 is 0 Å². The molecule has 1 saturated heterocycles. The summed E-state index contributed by atoms with van der Waals surface area (Å²) in [5.41, 5.74) is 2.63. The lowest BCUT2D eigenvalue weighted by molar-refractivity contribution is -0.124. The van der Waals surface area contributed by atoms with Gasteiger partial charge in [0.1, 0.15) is 5.71 Å². The summed E-state index contributed by atoms with van der Waals surface area (Å²) in [7, 11) is 0. The molecule has 0 radical (unpaired) electrons. The van der Waals surface area contributed by atoms with Gasteiger partial charge in [-0.25, -0.2) is 5.43 Å². The Bertz CT molecular complexity index is 279. The van der Waals surface area contributed by atoms with Crippen LogP contribution in [0.15, 0.2) is 5.10 Å². The van der Waals surface area contributed by atoms with Gasteiger partial charge in [0, 0.05) is 13.1 Å². The maximum Gasteiger partial charge on any atom is 0.270 e. The van der Waals surface area contributed by atoms with Crippen molar-refractivity contribution in [2.24, 2.45) is 5.10 Å². The summed E-state index contributed by atoms with van der Waals surface area (Å²) in [5.74, 6) is -0.279. The number of amides is 2. The summed E-state index contributed by atoms with van der Waals surface area (Å²) in [6, 6.07) is 0. The van der Waals surface area contributed by atoms with Crippen LogP contribution in [-0.2, 0) is 9.59 Å². The number of hydrogen-bond acceptors (Lipinski definition) is 3. The number of hydrazone groups is 1. The molecule has 2 amide bonds. The van der Waals surface area contributed by atoms with Gasteiger partial charge in [0.2, 0.25) is 5.91 Å². The first-order valence-corrected chi connectivity index (χ1v) is 4.42. The van der Waals surface area contributed by atoms with E-state index in [1.165, 1.54) is 0 Å². The fraction of sp³-hybridized carbons (Fsp3) is 0.625. The van der Waals surface area contributed by atoms with E-state index < -0.39 is 0 Å². The number of nitrogens with one attached hydrogen (secondary N) is 1. The third kappa shape index (κ3) is 1.54. The standard InChI is InChI=1S/C8H11N3O2/c12-7-5-6(9-10-7)8(13)11-3-1-2-4-11/h1-5H2,(H,10,12). The Hall–Kier alpha value is -1.39. The summed E-state index contributed by atoms with van der Waals surface area (Å²) in [4.78, 5) is 24.1. The van der Waals surface area contributed by atoms with Crippen LogP contribution in [0.1, 0.15) is 19.3 Å². The summed E-state index contributed by atoms with van der Waals surface area (Å²) >= 11 is 0. The molecule has 2 heterocycles. The molecule has 0 saturated carbocycles. The fourth-order valence-corrected chi connectivity index (χ4v) is 1.59. The molecule has 0 aromatic heterocycles. The highest BCUT2D eigenvalue weighted by atomic mass is 16.2. The maximum atomic E-state index is 11.6. The average Bonchev–Trinajstić information content (AvgIpc) is 2.72. The molecule has 5 nitrogen and oxygen atoms in total. The number of hydrogen-bond donors (Lipinski definition) is 1. The molecule has 0 aromatic carbocycles.